The summed E-state index contributed by atoms with van der Waals surface area (Å²) in [4.78, 5) is 12.7. The lowest BCUT2D eigenvalue weighted by Gasteiger charge is -2.12. The minimum atomic E-state index is -0.277. The fourth-order valence-corrected chi connectivity index (χ4v) is 3.39. The second-order valence-corrected chi connectivity index (χ2v) is 7.17. The SMILES string of the molecule is CCOc1ccc(CC(=O)Nc2c(C)nn(Cc3ccccc3F)c2C)cc1OCC. The number of carbonyl (C=O) groups is 1. The van der Waals surface area contributed by atoms with Crippen LogP contribution in [0.1, 0.15) is 36.4 Å². The van der Waals surface area contributed by atoms with Crippen LogP contribution in [0.25, 0.3) is 0 Å². The van der Waals surface area contributed by atoms with Crippen LogP contribution in [0, 0.1) is 19.7 Å². The van der Waals surface area contributed by atoms with Gasteiger partial charge in [0, 0.05) is 5.56 Å². The van der Waals surface area contributed by atoms with E-state index >= 15 is 0 Å². The van der Waals surface area contributed by atoms with Crippen molar-refractivity contribution in [1.82, 2.24) is 9.78 Å². The summed E-state index contributed by atoms with van der Waals surface area (Å²) in [5, 5.41) is 7.43. The molecule has 7 heteroatoms. The molecule has 164 valence electrons. The van der Waals surface area contributed by atoms with Crippen molar-refractivity contribution in [3.05, 3.63) is 70.8 Å². The fraction of sp³-hybridized carbons (Fsp3) is 0.333. The molecule has 0 unspecified atom stereocenters. The number of hydrogen-bond acceptors (Lipinski definition) is 4. The highest BCUT2D eigenvalue weighted by Gasteiger charge is 2.16. The minimum Gasteiger partial charge on any atom is -0.490 e. The number of aryl methyl sites for hydroxylation is 1. The van der Waals surface area contributed by atoms with Crippen molar-refractivity contribution in [1.29, 1.82) is 0 Å². The van der Waals surface area contributed by atoms with Crippen LogP contribution in [0.5, 0.6) is 11.5 Å². The maximum absolute atomic E-state index is 14.0. The van der Waals surface area contributed by atoms with E-state index in [0.717, 1.165) is 11.3 Å². The van der Waals surface area contributed by atoms with Crippen LogP contribution >= 0.6 is 0 Å². The van der Waals surface area contributed by atoms with Crippen molar-refractivity contribution in [2.24, 2.45) is 0 Å². The highest BCUT2D eigenvalue weighted by Crippen LogP contribution is 2.29. The van der Waals surface area contributed by atoms with Gasteiger partial charge in [0.05, 0.1) is 43.3 Å². The van der Waals surface area contributed by atoms with Crippen LogP contribution in [-0.2, 0) is 17.8 Å². The van der Waals surface area contributed by atoms with E-state index in [9.17, 15) is 9.18 Å². The van der Waals surface area contributed by atoms with Crippen molar-refractivity contribution in [2.45, 2.75) is 40.7 Å². The van der Waals surface area contributed by atoms with Gasteiger partial charge in [0.1, 0.15) is 5.82 Å². The molecule has 0 aliphatic carbocycles. The summed E-state index contributed by atoms with van der Waals surface area (Å²) in [6.45, 7) is 8.84. The van der Waals surface area contributed by atoms with Crippen LogP contribution in [0.2, 0.25) is 0 Å². The largest absolute Gasteiger partial charge is 0.490 e. The number of carbonyl (C=O) groups excluding carboxylic acids is 1. The average Bonchev–Trinajstić information content (AvgIpc) is 2.99. The molecular formula is C24H28FN3O3. The number of ether oxygens (including phenoxy) is 2. The lowest BCUT2D eigenvalue weighted by atomic mass is 10.1. The smallest absolute Gasteiger partial charge is 0.228 e. The van der Waals surface area contributed by atoms with E-state index < -0.39 is 0 Å². The first kappa shape index (κ1) is 22.3. The molecule has 6 nitrogen and oxygen atoms in total. The predicted molar refractivity (Wildman–Crippen MR) is 118 cm³/mol. The van der Waals surface area contributed by atoms with Gasteiger partial charge in [0.2, 0.25) is 5.91 Å². The zero-order valence-electron chi connectivity index (χ0n) is 18.4. The van der Waals surface area contributed by atoms with Crippen molar-refractivity contribution >= 4 is 11.6 Å². The number of benzene rings is 2. The maximum atomic E-state index is 14.0. The molecule has 1 N–H and O–H groups in total. The Kier molecular flexibility index (Phi) is 7.28. The molecule has 1 amide bonds. The van der Waals surface area contributed by atoms with Crippen LogP contribution in [0.15, 0.2) is 42.5 Å². The third-order valence-electron chi connectivity index (χ3n) is 4.90. The molecule has 0 aliphatic rings. The highest BCUT2D eigenvalue weighted by molar-refractivity contribution is 5.93. The lowest BCUT2D eigenvalue weighted by Crippen LogP contribution is -2.16. The lowest BCUT2D eigenvalue weighted by molar-refractivity contribution is -0.115. The molecule has 3 rings (SSSR count). The molecule has 0 spiro atoms. The summed E-state index contributed by atoms with van der Waals surface area (Å²) >= 11 is 0. The predicted octanol–water partition coefficient (Wildman–Crippen LogP) is 4.67. The first-order valence-electron chi connectivity index (χ1n) is 10.4. The number of hydrogen-bond donors (Lipinski definition) is 1. The van der Waals surface area contributed by atoms with Crippen LogP contribution in [-0.4, -0.2) is 28.9 Å². The second kappa shape index (κ2) is 10.1. The monoisotopic (exact) mass is 425 g/mol. The van der Waals surface area contributed by atoms with Crippen LogP contribution in [0.3, 0.4) is 0 Å². The Morgan fingerprint density at radius 2 is 1.77 bits per heavy atom. The molecule has 0 fully saturated rings. The number of aromatic nitrogens is 2. The van der Waals surface area contributed by atoms with Crippen molar-refractivity contribution in [3.8, 4) is 11.5 Å². The van der Waals surface area contributed by atoms with Gasteiger partial charge in [-0.25, -0.2) is 4.39 Å². The van der Waals surface area contributed by atoms with Gasteiger partial charge in [-0.1, -0.05) is 24.3 Å². The standard InChI is InChI=1S/C24H28FN3O3/c1-5-30-21-12-11-18(13-22(21)31-6-2)14-23(29)26-24-16(3)27-28(17(24)4)15-19-9-7-8-10-20(19)25/h7-13H,5-6,14-15H2,1-4H3,(H,26,29). The first-order valence-corrected chi connectivity index (χ1v) is 10.4. The van der Waals surface area contributed by atoms with Crippen LogP contribution in [0.4, 0.5) is 10.1 Å². The molecule has 0 atom stereocenters. The Morgan fingerprint density at radius 3 is 2.48 bits per heavy atom. The Hall–Kier alpha value is -3.35. The second-order valence-electron chi connectivity index (χ2n) is 7.17. The summed E-state index contributed by atoms with van der Waals surface area (Å²) < 4.78 is 26.9. The topological polar surface area (TPSA) is 65.4 Å². The average molecular weight is 426 g/mol. The summed E-state index contributed by atoms with van der Waals surface area (Å²) in [5.74, 6) is 0.846. The Balaban J connectivity index is 1.73. The molecular weight excluding hydrogens is 397 g/mol. The number of amides is 1. The molecule has 0 aliphatic heterocycles. The maximum Gasteiger partial charge on any atom is 0.228 e. The Morgan fingerprint density at radius 1 is 1.06 bits per heavy atom. The number of nitrogens with one attached hydrogen (secondary N) is 1. The molecule has 31 heavy (non-hydrogen) atoms. The molecule has 0 saturated carbocycles. The van der Waals surface area contributed by atoms with Gasteiger partial charge in [0.25, 0.3) is 0 Å². The quantitative estimate of drug-likeness (QED) is 0.541. The normalized spacial score (nSPS) is 10.7. The number of anilines is 1. The highest BCUT2D eigenvalue weighted by atomic mass is 19.1. The van der Waals surface area contributed by atoms with Crippen molar-refractivity contribution in [3.63, 3.8) is 0 Å². The molecule has 1 aromatic heterocycles. The van der Waals surface area contributed by atoms with Gasteiger partial charge in [-0.05, 0) is 51.5 Å². The van der Waals surface area contributed by atoms with E-state index in [1.54, 1.807) is 22.9 Å². The van der Waals surface area contributed by atoms with E-state index in [0.29, 0.717) is 48.2 Å². The van der Waals surface area contributed by atoms with E-state index in [-0.39, 0.29) is 18.1 Å². The summed E-state index contributed by atoms with van der Waals surface area (Å²) in [6.07, 6.45) is 0.184. The van der Waals surface area contributed by atoms with Gasteiger partial charge >= 0.3 is 0 Å². The zero-order valence-corrected chi connectivity index (χ0v) is 18.4. The van der Waals surface area contributed by atoms with Gasteiger partial charge in [-0.3, -0.25) is 9.48 Å². The molecule has 0 bridgehead atoms. The van der Waals surface area contributed by atoms with Gasteiger partial charge < -0.3 is 14.8 Å². The summed E-state index contributed by atoms with van der Waals surface area (Å²) in [6, 6.07) is 12.1. The zero-order chi connectivity index (χ0) is 22.4. The summed E-state index contributed by atoms with van der Waals surface area (Å²) in [5.41, 5.74) is 3.47. The number of halogens is 1. The van der Waals surface area contributed by atoms with E-state index in [2.05, 4.69) is 10.4 Å². The Labute approximate surface area is 182 Å². The van der Waals surface area contributed by atoms with Gasteiger partial charge in [-0.15, -0.1) is 0 Å². The Bertz CT molecular complexity index is 1060. The molecule has 0 radical (unpaired) electrons. The van der Waals surface area contributed by atoms with E-state index in [1.165, 1.54) is 6.07 Å². The summed E-state index contributed by atoms with van der Waals surface area (Å²) in [7, 11) is 0. The first-order chi connectivity index (χ1) is 14.9. The molecule has 2 aromatic carbocycles. The van der Waals surface area contributed by atoms with Crippen LogP contribution < -0.4 is 14.8 Å². The van der Waals surface area contributed by atoms with Crippen molar-refractivity contribution in [2.75, 3.05) is 18.5 Å². The van der Waals surface area contributed by atoms with Gasteiger partial charge in [-0.2, -0.15) is 5.10 Å². The molecule has 1 heterocycles. The third-order valence-corrected chi connectivity index (χ3v) is 4.90. The van der Waals surface area contributed by atoms with E-state index in [1.807, 2.05) is 45.9 Å². The third kappa shape index (κ3) is 5.42. The number of nitrogens with zero attached hydrogens (tertiary/aromatic N) is 2. The van der Waals surface area contributed by atoms with E-state index in [4.69, 9.17) is 9.47 Å². The van der Waals surface area contributed by atoms with Gasteiger partial charge in [0.15, 0.2) is 11.5 Å². The van der Waals surface area contributed by atoms with Crippen molar-refractivity contribution < 1.29 is 18.7 Å². The fourth-order valence-electron chi connectivity index (χ4n) is 3.39. The minimum absolute atomic E-state index is 0.164. The molecule has 3 aromatic rings. The molecule has 0 saturated heterocycles. The number of rotatable bonds is 9.